The second-order valence-electron chi connectivity index (χ2n) is 3.28. The summed E-state index contributed by atoms with van der Waals surface area (Å²) in [5.74, 6) is 0. The Kier molecular flexibility index (Phi) is 5.72. The Hall–Kier alpha value is 0.0800. The van der Waals surface area contributed by atoms with Crippen LogP contribution in [-0.2, 0) is 0 Å². The van der Waals surface area contributed by atoms with Crippen molar-refractivity contribution in [2.75, 3.05) is 5.33 Å². The molecule has 0 N–H and O–H groups in total. The predicted octanol–water partition coefficient (Wildman–Crippen LogP) is 4.01. The number of hydrogen-bond acceptors (Lipinski definition) is 0. The van der Waals surface area contributed by atoms with E-state index in [2.05, 4.69) is 22.5 Å². The quantitative estimate of drug-likeness (QED) is 0.487. The maximum atomic E-state index is 11.8. The van der Waals surface area contributed by atoms with Crippen molar-refractivity contribution in [3.8, 4) is 0 Å². The first-order chi connectivity index (χ1) is 5.54. The van der Waals surface area contributed by atoms with E-state index < -0.39 is 6.43 Å². The molecule has 1 atom stereocenters. The van der Waals surface area contributed by atoms with Crippen molar-refractivity contribution in [1.29, 1.82) is 0 Å². The van der Waals surface area contributed by atoms with Crippen LogP contribution in [0.1, 0.15) is 26.2 Å². The molecule has 12 heavy (non-hydrogen) atoms. The molecule has 3 heteroatoms. The van der Waals surface area contributed by atoms with Gasteiger partial charge in [-0.3, -0.25) is 0 Å². The molecule has 0 spiro atoms. The van der Waals surface area contributed by atoms with Crippen LogP contribution in [0.3, 0.4) is 0 Å². The second kappa shape index (κ2) is 5.68. The smallest absolute Gasteiger partial charge is 0.211 e. The molecule has 1 unspecified atom stereocenters. The summed E-state index contributed by atoms with van der Waals surface area (Å²) >= 11 is 3.34. The molecule has 0 aromatic rings. The van der Waals surface area contributed by atoms with Crippen LogP contribution in [-0.4, -0.2) is 11.8 Å². The molecular formula is C9H15BrF2. The molecule has 72 valence electrons. The highest BCUT2D eigenvalue weighted by molar-refractivity contribution is 9.09. The molecule has 0 aromatic carbocycles. The molecule has 0 rings (SSSR count). The fourth-order valence-electron chi connectivity index (χ4n) is 0.884. The van der Waals surface area contributed by atoms with Gasteiger partial charge in [0.05, 0.1) is 0 Å². The van der Waals surface area contributed by atoms with Gasteiger partial charge in [-0.1, -0.05) is 28.9 Å². The number of alkyl halides is 3. The Balaban J connectivity index is 3.66. The molecule has 0 radical (unpaired) electrons. The average Bonchev–Trinajstić information content (AvgIpc) is 2.03. The van der Waals surface area contributed by atoms with Crippen molar-refractivity contribution >= 4 is 15.9 Å². The Morgan fingerprint density at radius 1 is 1.58 bits per heavy atom. The third kappa shape index (κ3) is 4.86. The lowest BCUT2D eigenvalue weighted by Crippen LogP contribution is -2.14. The van der Waals surface area contributed by atoms with Crippen molar-refractivity contribution in [2.24, 2.45) is 5.41 Å². The van der Waals surface area contributed by atoms with Crippen LogP contribution in [0, 0.1) is 5.41 Å². The van der Waals surface area contributed by atoms with Crippen molar-refractivity contribution in [3.63, 3.8) is 0 Å². The number of halogens is 3. The molecule has 0 heterocycles. The van der Waals surface area contributed by atoms with Crippen molar-refractivity contribution in [1.82, 2.24) is 0 Å². The second-order valence-corrected chi connectivity index (χ2v) is 3.84. The first kappa shape index (κ1) is 12.1. The SMILES string of the molecule is C=CC(C)(CBr)CCCC(F)F. The van der Waals surface area contributed by atoms with Crippen molar-refractivity contribution < 1.29 is 8.78 Å². The standard InChI is InChI=1S/C9H15BrF2/c1-3-9(2,7-10)6-4-5-8(11)12/h3,8H,1,4-7H2,2H3. The first-order valence-electron chi connectivity index (χ1n) is 4.02. The van der Waals surface area contributed by atoms with Crippen LogP contribution in [0.4, 0.5) is 8.78 Å². The van der Waals surface area contributed by atoms with Gasteiger partial charge in [0, 0.05) is 11.8 Å². The molecular weight excluding hydrogens is 226 g/mol. The van der Waals surface area contributed by atoms with Crippen LogP contribution in [0.2, 0.25) is 0 Å². The minimum absolute atomic E-state index is 0.00354. The third-order valence-corrected chi connectivity index (χ3v) is 3.25. The first-order valence-corrected chi connectivity index (χ1v) is 5.14. The number of rotatable bonds is 6. The molecule has 0 saturated carbocycles. The summed E-state index contributed by atoms with van der Waals surface area (Å²) < 4.78 is 23.6. The topological polar surface area (TPSA) is 0 Å². The van der Waals surface area contributed by atoms with Gasteiger partial charge in [-0.15, -0.1) is 6.58 Å². The summed E-state index contributed by atoms with van der Waals surface area (Å²) in [6.45, 7) is 5.70. The van der Waals surface area contributed by atoms with E-state index in [1.807, 2.05) is 13.0 Å². The van der Waals surface area contributed by atoms with Crippen molar-refractivity contribution in [2.45, 2.75) is 32.6 Å². The molecule has 0 aromatic heterocycles. The van der Waals surface area contributed by atoms with E-state index in [-0.39, 0.29) is 11.8 Å². The van der Waals surface area contributed by atoms with Crippen molar-refractivity contribution in [3.05, 3.63) is 12.7 Å². The van der Waals surface area contributed by atoms with Gasteiger partial charge in [0.15, 0.2) is 0 Å². The normalized spacial score (nSPS) is 16.1. The molecule has 0 aliphatic carbocycles. The third-order valence-electron chi connectivity index (χ3n) is 1.97. The lowest BCUT2D eigenvalue weighted by atomic mass is 9.87. The molecule has 0 aliphatic rings. The summed E-state index contributed by atoms with van der Waals surface area (Å²) in [4.78, 5) is 0. The summed E-state index contributed by atoms with van der Waals surface area (Å²) in [5.41, 5.74) is -0.0328. The molecule has 0 amide bonds. The number of allylic oxidation sites excluding steroid dienone is 1. The van der Waals surface area contributed by atoms with Gasteiger partial charge in [0.2, 0.25) is 6.43 Å². The summed E-state index contributed by atoms with van der Waals surface area (Å²) in [6, 6.07) is 0. The largest absolute Gasteiger partial charge is 0.238 e. The Bertz CT molecular complexity index is 136. The van der Waals surface area contributed by atoms with E-state index >= 15 is 0 Å². The monoisotopic (exact) mass is 240 g/mol. The van der Waals surface area contributed by atoms with Gasteiger partial charge >= 0.3 is 0 Å². The van der Waals surface area contributed by atoms with E-state index in [0.29, 0.717) is 6.42 Å². The lowest BCUT2D eigenvalue weighted by Gasteiger charge is -2.22. The van der Waals surface area contributed by atoms with Crippen LogP contribution in [0.5, 0.6) is 0 Å². The average molecular weight is 241 g/mol. The Morgan fingerprint density at radius 2 is 2.17 bits per heavy atom. The van der Waals surface area contributed by atoms with Crippen LogP contribution >= 0.6 is 15.9 Å². The van der Waals surface area contributed by atoms with Gasteiger partial charge in [0.1, 0.15) is 0 Å². The predicted molar refractivity (Wildman–Crippen MR) is 52.0 cm³/mol. The van der Waals surface area contributed by atoms with Gasteiger partial charge in [-0.05, 0) is 18.3 Å². The van der Waals surface area contributed by atoms with Crippen LogP contribution in [0.15, 0.2) is 12.7 Å². The highest BCUT2D eigenvalue weighted by Crippen LogP contribution is 2.28. The van der Waals surface area contributed by atoms with Gasteiger partial charge < -0.3 is 0 Å². The summed E-state index contributed by atoms with van der Waals surface area (Å²) in [7, 11) is 0. The lowest BCUT2D eigenvalue weighted by molar-refractivity contribution is 0.131. The van der Waals surface area contributed by atoms with Crippen LogP contribution < -0.4 is 0 Å². The van der Waals surface area contributed by atoms with E-state index in [4.69, 9.17) is 0 Å². The maximum absolute atomic E-state index is 11.8. The van der Waals surface area contributed by atoms with E-state index in [0.717, 1.165) is 11.8 Å². The zero-order chi connectivity index (χ0) is 9.61. The van der Waals surface area contributed by atoms with E-state index in [1.54, 1.807) is 0 Å². The van der Waals surface area contributed by atoms with E-state index in [1.165, 1.54) is 0 Å². The minimum atomic E-state index is -2.17. The highest BCUT2D eigenvalue weighted by atomic mass is 79.9. The Labute approximate surface area is 81.2 Å². The minimum Gasteiger partial charge on any atom is -0.211 e. The highest BCUT2D eigenvalue weighted by Gasteiger charge is 2.18. The summed E-state index contributed by atoms with van der Waals surface area (Å²) in [5, 5.41) is 0.784. The van der Waals surface area contributed by atoms with Crippen LogP contribution in [0.25, 0.3) is 0 Å². The maximum Gasteiger partial charge on any atom is 0.238 e. The zero-order valence-electron chi connectivity index (χ0n) is 7.32. The Morgan fingerprint density at radius 3 is 2.50 bits per heavy atom. The van der Waals surface area contributed by atoms with E-state index in [9.17, 15) is 8.78 Å². The fraction of sp³-hybridized carbons (Fsp3) is 0.778. The van der Waals surface area contributed by atoms with Gasteiger partial charge in [-0.2, -0.15) is 0 Å². The number of hydrogen-bond donors (Lipinski definition) is 0. The fourth-order valence-corrected chi connectivity index (χ4v) is 1.39. The van der Waals surface area contributed by atoms with Gasteiger partial charge in [-0.25, -0.2) is 8.78 Å². The molecule has 0 fully saturated rings. The molecule has 0 nitrogen and oxygen atoms in total. The zero-order valence-corrected chi connectivity index (χ0v) is 8.91. The van der Waals surface area contributed by atoms with Gasteiger partial charge in [0.25, 0.3) is 0 Å². The molecule has 0 saturated heterocycles. The molecule has 0 aliphatic heterocycles. The molecule has 0 bridgehead atoms. The summed E-state index contributed by atoms with van der Waals surface area (Å²) in [6.07, 6.45) is 0.982.